The van der Waals surface area contributed by atoms with Gasteiger partial charge < -0.3 is 35.1 Å². The van der Waals surface area contributed by atoms with Gasteiger partial charge in [0, 0.05) is 44.2 Å². The summed E-state index contributed by atoms with van der Waals surface area (Å²) in [5, 5.41) is 7.18. The van der Waals surface area contributed by atoms with Gasteiger partial charge in [-0.05, 0) is 48.6 Å². The van der Waals surface area contributed by atoms with Crippen LogP contribution in [0.1, 0.15) is 19.3 Å². The zero-order chi connectivity index (χ0) is 26.9. The Kier molecular flexibility index (Phi) is 6.79. The van der Waals surface area contributed by atoms with Crippen molar-refractivity contribution in [3.8, 4) is 11.5 Å². The number of ether oxygens (including phenoxy) is 3. The number of nitrogens with one attached hydrogen (secondary N) is 2. The highest BCUT2D eigenvalue weighted by atomic mass is 16.6. The van der Waals surface area contributed by atoms with Crippen LogP contribution in [0.2, 0.25) is 0 Å². The summed E-state index contributed by atoms with van der Waals surface area (Å²) in [6.45, 7) is 1.83. The number of pyridine rings is 2. The number of benzene rings is 1. The summed E-state index contributed by atoms with van der Waals surface area (Å²) < 4.78 is 18.5. The largest absolute Gasteiger partial charge is 0.492 e. The van der Waals surface area contributed by atoms with Crippen molar-refractivity contribution in [3.63, 3.8) is 0 Å². The van der Waals surface area contributed by atoms with E-state index in [2.05, 4.69) is 15.6 Å². The first kappa shape index (κ1) is 25.1. The number of hydrogen-bond donors (Lipinski definition) is 3. The van der Waals surface area contributed by atoms with Crippen molar-refractivity contribution < 1.29 is 23.8 Å². The van der Waals surface area contributed by atoms with Crippen molar-refractivity contribution in [2.75, 3.05) is 36.5 Å². The molecule has 1 saturated carbocycles. The Labute approximate surface area is 224 Å². The lowest BCUT2D eigenvalue weighted by Gasteiger charge is -2.33. The Bertz CT molecular complexity index is 1470. The SMILES string of the molecule is NCCOc1ccc2ccc(=O)n(CCNC3CCC4C(C3)OC(=O)N4c3ccc4c(n3)NC(=O)CO4)c2c1. The third kappa shape index (κ3) is 5.00. The molecular formula is C27H30N6O6. The number of nitrogens with two attached hydrogens (primary N) is 1. The first-order valence-corrected chi connectivity index (χ1v) is 13.1. The Morgan fingerprint density at radius 2 is 2.00 bits per heavy atom. The van der Waals surface area contributed by atoms with Gasteiger partial charge in [0.2, 0.25) is 0 Å². The molecule has 2 aromatic heterocycles. The highest BCUT2D eigenvalue weighted by Crippen LogP contribution is 2.37. The first-order chi connectivity index (χ1) is 19.0. The maximum absolute atomic E-state index is 12.8. The van der Waals surface area contributed by atoms with Gasteiger partial charge in [-0.3, -0.25) is 14.5 Å². The molecule has 12 nitrogen and oxygen atoms in total. The van der Waals surface area contributed by atoms with E-state index < -0.39 is 6.09 Å². The van der Waals surface area contributed by atoms with Crippen molar-refractivity contribution in [2.24, 2.45) is 5.73 Å². The molecule has 2 fully saturated rings. The second kappa shape index (κ2) is 10.5. The molecule has 0 bridgehead atoms. The van der Waals surface area contributed by atoms with E-state index in [0.717, 1.165) is 23.7 Å². The Hall–Kier alpha value is -4.16. The van der Waals surface area contributed by atoms with Gasteiger partial charge in [0.25, 0.3) is 11.5 Å². The average Bonchev–Trinajstić information content (AvgIpc) is 3.27. The fourth-order valence-corrected chi connectivity index (χ4v) is 5.54. The van der Waals surface area contributed by atoms with Gasteiger partial charge in [0.05, 0.1) is 11.6 Å². The van der Waals surface area contributed by atoms with E-state index in [1.54, 1.807) is 27.7 Å². The van der Waals surface area contributed by atoms with E-state index in [0.29, 0.717) is 55.8 Å². The first-order valence-electron chi connectivity index (χ1n) is 13.1. The van der Waals surface area contributed by atoms with Gasteiger partial charge in [0.1, 0.15) is 24.3 Å². The molecule has 3 aliphatic rings. The molecule has 3 atom stereocenters. The normalized spacial score (nSPS) is 22.1. The Morgan fingerprint density at radius 1 is 1.13 bits per heavy atom. The van der Waals surface area contributed by atoms with Crippen LogP contribution in [-0.2, 0) is 16.1 Å². The van der Waals surface area contributed by atoms with Gasteiger partial charge in [-0.15, -0.1) is 0 Å². The van der Waals surface area contributed by atoms with Crippen molar-refractivity contribution >= 4 is 34.5 Å². The number of aromatic nitrogens is 2. The summed E-state index contributed by atoms with van der Waals surface area (Å²) in [4.78, 5) is 43.2. The number of hydrogen-bond acceptors (Lipinski definition) is 9. The second-order valence-corrected chi connectivity index (χ2v) is 9.86. The number of carbonyl (C=O) groups is 2. The monoisotopic (exact) mass is 534 g/mol. The van der Waals surface area contributed by atoms with E-state index >= 15 is 0 Å². The smallest absolute Gasteiger partial charge is 0.416 e. The predicted octanol–water partition coefficient (Wildman–Crippen LogP) is 1.60. The summed E-state index contributed by atoms with van der Waals surface area (Å²) in [6, 6.07) is 12.5. The summed E-state index contributed by atoms with van der Waals surface area (Å²) in [7, 11) is 0. The van der Waals surface area contributed by atoms with Gasteiger partial charge in [-0.2, -0.15) is 0 Å². The topological polar surface area (TPSA) is 150 Å². The lowest BCUT2D eigenvalue weighted by molar-refractivity contribution is -0.118. The number of rotatable bonds is 8. The van der Waals surface area contributed by atoms with Crippen molar-refractivity contribution in [1.82, 2.24) is 14.9 Å². The number of fused-ring (bicyclic) bond motifs is 3. The van der Waals surface area contributed by atoms with Crippen LogP contribution in [0, 0.1) is 0 Å². The number of carbonyl (C=O) groups excluding carboxylic acids is 2. The maximum Gasteiger partial charge on any atom is 0.416 e. The van der Waals surface area contributed by atoms with E-state index in [4.69, 9.17) is 19.9 Å². The molecule has 1 saturated heterocycles. The molecule has 4 heterocycles. The zero-order valence-corrected chi connectivity index (χ0v) is 21.3. The minimum atomic E-state index is -0.448. The molecule has 39 heavy (non-hydrogen) atoms. The van der Waals surface area contributed by atoms with Crippen molar-refractivity contribution in [1.29, 1.82) is 0 Å². The van der Waals surface area contributed by atoms with Crippen LogP contribution in [0.5, 0.6) is 11.5 Å². The molecule has 6 rings (SSSR count). The van der Waals surface area contributed by atoms with Gasteiger partial charge in [0.15, 0.2) is 18.2 Å². The summed E-state index contributed by atoms with van der Waals surface area (Å²) in [5.41, 5.74) is 6.27. The molecule has 3 unspecified atom stereocenters. The van der Waals surface area contributed by atoms with Crippen LogP contribution in [-0.4, -0.2) is 66.0 Å². The van der Waals surface area contributed by atoms with Crippen LogP contribution >= 0.6 is 0 Å². The molecule has 4 N–H and O–H groups in total. The maximum atomic E-state index is 12.8. The third-order valence-electron chi connectivity index (χ3n) is 7.36. The highest BCUT2D eigenvalue weighted by molar-refractivity contribution is 5.95. The highest BCUT2D eigenvalue weighted by Gasteiger charge is 2.46. The average molecular weight is 535 g/mol. The van der Waals surface area contributed by atoms with Crippen molar-refractivity contribution in [2.45, 2.75) is 44.0 Å². The van der Waals surface area contributed by atoms with E-state index in [-0.39, 0.29) is 36.3 Å². The molecule has 2 amide bonds. The molecule has 0 radical (unpaired) electrons. The predicted molar refractivity (Wildman–Crippen MR) is 143 cm³/mol. The van der Waals surface area contributed by atoms with Crippen LogP contribution < -0.4 is 36.3 Å². The standard InChI is InChI=1S/C27H30N6O6/c28-9-12-37-18-4-1-16-2-8-25(35)32(20(16)14-18)11-10-29-17-3-5-19-22(13-17)39-27(36)33(19)23-7-6-21-26(30-23)31-24(34)15-38-21/h1-2,4,6-8,14,17,19,22,29H,3,5,9-13,15,28H2,(H,30,31,34). The third-order valence-corrected chi connectivity index (χ3v) is 7.36. The van der Waals surface area contributed by atoms with Gasteiger partial charge in [-0.25, -0.2) is 9.78 Å². The fourth-order valence-electron chi connectivity index (χ4n) is 5.54. The van der Waals surface area contributed by atoms with Crippen LogP contribution in [0.4, 0.5) is 16.4 Å². The van der Waals surface area contributed by atoms with Crippen molar-refractivity contribution in [3.05, 3.63) is 52.8 Å². The fraction of sp³-hybridized carbons (Fsp3) is 0.407. The molecule has 3 aromatic rings. The zero-order valence-electron chi connectivity index (χ0n) is 21.3. The van der Waals surface area contributed by atoms with Crippen LogP contribution in [0.15, 0.2) is 47.3 Å². The summed E-state index contributed by atoms with van der Waals surface area (Å²) in [6.07, 6.45) is 1.48. The Balaban J connectivity index is 1.10. The minimum Gasteiger partial charge on any atom is -0.492 e. The molecule has 204 valence electrons. The molecule has 2 aliphatic heterocycles. The van der Waals surface area contributed by atoms with E-state index in [1.165, 1.54) is 0 Å². The molecule has 12 heteroatoms. The number of amides is 2. The molecule has 1 aliphatic carbocycles. The van der Waals surface area contributed by atoms with Gasteiger partial charge >= 0.3 is 6.09 Å². The molecule has 1 aromatic carbocycles. The van der Waals surface area contributed by atoms with Crippen LogP contribution in [0.25, 0.3) is 10.9 Å². The lowest BCUT2D eigenvalue weighted by atomic mass is 9.88. The molecule has 0 spiro atoms. The Morgan fingerprint density at radius 3 is 2.87 bits per heavy atom. The van der Waals surface area contributed by atoms with Crippen LogP contribution in [0.3, 0.4) is 0 Å². The second-order valence-electron chi connectivity index (χ2n) is 9.86. The summed E-state index contributed by atoms with van der Waals surface area (Å²) in [5.74, 6) is 1.59. The summed E-state index contributed by atoms with van der Waals surface area (Å²) >= 11 is 0. The van der Waals surface area contributed by atoms with E-state index in [9.17, 15) is 14.4 Å². The minimum absolute atomic E-state index is 0.0573. The quantitative estimate of drug-likeness (QED) is 0.392. The van der Waals surface area contributed by atoms with Gasteiger partial charge in [-0.1, -0.05) is 0 Å². The number of anilines is 2. The lowest BCUT2D eigenvalue weighted by Crippen LogP contribution is -2.46. The molecular weight excluding hydrogens is 504 g/mol. The number of nitrogens with zero attached hydrogens (tertiary/aromatic N) is 3. The van der Waals surface area contributed by atoms with E-state index in [1.807, 2.05) is 24.3 Å².